The maximum atomic E-state index is 12.4. The van der Waals surface area contributed by atoms with Crippen LogP contribution < -0.4 is 5.32 Å². The van der Waals surface area contributed by atoms with Gasteiger partial charge < -0.3 is 10.4 Å². The van der Waals surface area contributed by atoms with E-state index in [1.54, 1.807) is 12.1 Å². The second kappa shape index (κ2) is 6.35. The molecule has 2 atom stereocenters. The van der Waals surface area contributed by atoms with Gasteiger partial charge in [-0.15, -0.1) is 0 Å². The summed E-state index contributed by atoms with van der Waals surface area (Å²) in [5.41, 5.74) is 0.183. The summed E-state index contributed by atoms with van der Waals surface area (Å²) in [5, 5.41) is 17.1. The molecule has 2 unspecified atom stereocenters. The van der Waals surface area contributed by atoms with Gasteiger partial charge in [0.1, 0.15) is 0 Å². The van der Waals surface area contributed by atoms with E-state index in [1.807, 2.05) is 6.07 Å². The van der Waals surface area contributed by atoms with Gasteiger partial charge in [-0.05, 0) is 43.9 Å². The fourth-order valence-corrected chi connectivity index (χ4v) is 3.21. The van der Waals surface area contributed by atoms with Crippen molar-refractivity contribution in [1.82, 2.24) is 9.78 Å². The molecular formula is C17H17Cl2N3O3. The molecular weight excluding hydrogens is 365 g/mol. The Balaban J connectivity index is 1.66. The summed E-state index contributed by atoms with van der Waals surface area (Å²) < 4.78 is 1.31. The van der Waals surface area contributed by atoms with Crippen molar-refractivity contribution in [2.75, 3.05) is 5.32 Å². The Hall–Kier alpha value is -2.05. The number of aliphatic carboxylic acids is 1. The van der Waals surface area contributed by atoms with Crippen LogP contribution in [0.25, 0.3) is 0 Å². The minimum atomic E-state index is -1.19. The Morgan fingerprint density at radius 3 is 2.72 bits per heavy atom. The van der Waals surface area contributed by atoms with Crippen molar-refractivity contribution in [3.05, 3.63) is 46.2 Å². The Morgan fingerprint density at radius 1 is 1.36 bits per heavy atom. The highest BCUT2D eigenvalue weighted by Crippen LogP contribution is 2.50. The molecule has 0 radical (unpaired) electrons. The molecule has 0 bridgehead atoms. The summed E-state index contributed by atoms with van der Waals surface area (Å²) in [4.78, 5) is 23.7. The fraction of sp³-hybridized carbons (Fsp3) is 0.353. The first-order valence-electron chi connectivity index (χ1n) is 7.74. The van der Waals surface area contributed by atoms with E-state index < -0.39 is 11.5 Å². The van der Waals surface area contributed by atoms with E-state index >= 15 is 0 Å². The van der Waals surface area contributed by atoms with E-state index in [-0.39, 0.29) is 17.7 Å². The van der Waals surface area contributed by atoms with Gasteiger partial charge in [0.25, 0.3) is 0 Å². The SMILES string of the molecule is CC(C)(C(=O)O)n1cc(NC(=O)C2CC2c2ccc(Cl)cc2Cl)cn1. The Bertz CT molecular complexity index is 847. The van der Waals surface area contributed by atoms with Crippen LogP contribution in [-0.2, 0) is 15.1 Å². The summed E-state index contributed by atoms with van der Waals surface area (Å²) >= 11 is 12.1. The van der Waals surface area contributed by atoms with Crippen LogP contribution in [0.3, 0.4) is 0 Å². The number of carboxylic acids is 1. The van der Waals surface area contributed by atoms with Crippen LogP contribution in [0.1, 0.15) is 31.7 Å². The number of anilines is 1. The highest BCUT2D eigenvalue weighted by Gasteiger charge is 2.45. The number of benzene rings is 1. The fourth-order valence-electron chi connectivity index (χ4n) is 2.66. The van der Waals surface area contributed by atoms with Crippen LogP contribution in [0.15, 0.2) is 30.6 Å². The van der Waals surface area contributed by atoms with Gasteiger partial charge in [0.05, 0.1) is 11.9 Å². The van der Waals surface area contributed by atoms with Gasteiger partial charge in [-0.2, -0.15) is 5.10 Å². The molecule has 2 N–H and O–H groups in total. The van der Waals surface area contributed by atoms with E-state index in [0.717, 1.165) is 5.56 Å². The standard InChI is InChI=1S/C17H17Cl2N3O3/c1-17(2,16(24)25)22-8-10(7-20-22)21-15(23)13-6-12(13)11-4-3-9(18)5-14(11)19/h3-5,7-8,12-13H,6H2,1-2H3,(H,21,23)(H,24,25). The summed E-state index contributed by atoms with van der Waals surface area (Å²) in [6.07, 6.45) is 3.66. The predicted molar refractivity (Wildman–Crippen MR) is 95.1 cm³/mol. The second-order valence-corrected chi connectivity index (χ2v) is 7.49. The number of nitrogens with one attached hydrogen (secondary N) is 1. The van der Waals surface area contributed by atoms with Gasteiger partial charge in [-0.1, -0.05) is 29.3 Å². The van der Waals surface area contributed by atoms with E-state index in [4.69, 9.17) is 23.2 Å². The molecule has 1 fully saturated rings. The van der Waals surface area contributed by atoms with Crippen LogP contribution in [0.4, 0.5) is 5.69 Å². The molecule has 132 valence electrons. The minimum Gasteiger partial charge on any atom is -0.479 e. The number of nitrogens with zero attached hydrogens (tertiary/aromatic N) is 2. The van der Waals surface area contributed by atoms with E-state index in [9.17, 15) is 14.7 Å². The van der Waals surface area contributed by atoms with Crippen molar-refractivity contribution in [3.8, 4) is 0 Å². The molecule has 1 aliphatic carbocycles. The van der Waals surface area contributed by atoms with Crippen LogP contribution in [0.5, 0.6) is 0 Å². The first-order valence-corrected chi connectivity index (χ1v) is 8.50. The first kappa shape index (κ1) is 17.8. The van der Waals surface area contributed by atoms with Crippen molar-refractivity contribution in [1.29, 1.82) is 0 Å². The lowest BCUT2D eigenvalue weighted by Crippen LogP contribution is -2.35. The summed E-state index contributed by atoms with van der Waals surface area (Å²) in [5.74, 6) is -1.25. The van der Waals surface area contributed by atoms with Crippen molar-refractivity contribution < 1.29 is 14.7 Å². The number of rotatable bonds is 5. The zero-order chi connectivity index (χ0) is 18.4. The lowest BCUT2D eigenvalue weighted by Gasteiger charge is -2.19. The Morgan fingerprint density at radius 2 is 2.08 bits per heavy atom. The normalized spacial score (nSPS) is 19.5. The number of hydrogen-bond acceptors (Lipinski definition) is 3. The molecule has 6 nitrogen and oxygen atoms in total. The van der Waals surface area contributed by atoms with Gasteiger partial charge in [0.15, 0.2) is 5.54 Å². The number of hydrogen-bond donors (Lipinski definition) is 2. The van der Waals surface area contributed by atoms with Crippen molar-refractivity contribution in [2.24, 2.45) is 5.92 Å². The molecule has 0 aliphatic heterocycles. The zero-order valence-corrected chi connectivity index (χ0v) is 15.2. The number of carbonyl (C=O) groups excluding carboxylic acids is 1. The predicted octanol–water partition coefficient (Wildman–Crippen LogP) is 3.75. The van der Waals surface area contributed by atoms with Crippen LogP contribution in [0.2, 0.25) is 10.0 Å². The van der Waals surface area contributed by atoms with Crippen LogP contribution in [-0.4, -0.2) is 26.8 Å². The van der Waals surface area contributed by atoms with Gasteiger partial charge in [-0.25, -0.2) is 4.79 Å². The molecule has 0 spiro atoms. The quantitative estimate of drug-likeness (QED) is 0.825. The smallest absolute Gasteiger partial charge is 0.331 e. The van der Waals surface area contributed by atoms with Crippen molar-refractivity contribution in [3.63, 3.8) is 0 Å². The van der Waals surface area contributed by atoms with Crippen LogP contribution >= 0.6 is 23.2 Å². The van der Waals surface area contributed by atoms with Crippen molar-refractivity contribution >= 4 is 40.8 Å². The summed E-state index contributed by atoms with van der Waals surface area (Å²) in [7, 11) is 0. The van der Waals surface area contributed by atoms with Gasteiger partial charge >= 0.3 is 5.97 Å². The number of halogens is 2. The van der Waals surface area contributed by atoms with Crippen LogP contribution in [0, 0.1) is 5.92 Å². The molecule has 1 amide bonds. The molecule has 1 saturated carbocycles. The molecule has 1 heterocycles. The maximum Gasteiger partial charge on any atom is 0.331 e. The van der Waals surface area contributed by atoms with E-state index in [2.05, 4.69) is 10.4 Å². The Kier molecular flexibility index (Phi) is 4.51. The molecule has 1 aliphatic rings. The third kappa shape index (κ3) is 3.50. The highest BCUT2D eigenvalue weighted by molar-refractivity contribution is 6.35. The molecule has 1 aromatic carbocycles. The van der Waals surface area contributed by atoms with Crippen molar-refractivity contribution in [2.45, 2.75) is 31.7 Å². The van der Waals surface area contributed by atoms with Gasteiger partial charge in [-0.3, -0.25) is 9.48 Å². The number of amides is 1. The summed E-state index contributed by atoms with van der Waals surface area (Å²) in [6, 6.07) is 5.27. The maximum absolute atomic E-state index is 12.4. The molecule has 0 saturated heterocycles. The first-order chi connectivity index (χ1) is 11.7. The van der Waals surface area contributed by atoms with Gasteiger partial charge in [0, 0.05) is 22.2 Å². The second-order valence-electron chi connectivity index (χ2n) is 6.64. The third-order valence-corrected chi connectivity index (χ3v) is 5.00. The molecule has 2 aromatic rings. The number of aromatic nitrogens is 2. The largest absolute Gasteiger partial charge is 0.479 e. The van der Waals surface area contributed by atoms with E-state index in [1.165, 1.54) is 30.9 Å². The lowest BCUT2D eigenvalue weighted by atomic mass is 10.1. The average molecular weight is 382 g/mol. The third-order valence-electron chi connectivity index (χ3n) is 4.44. The minimum absolute atomic E-state index is 0.0651. The molecule has 3 rings (SSSR count). The average Bonchev–Trinajstić information content (AvgIpc) is 3.17. The zero-order valence-electron chi connectivity index (χ0n) is 13.7. The van der Waals surface area contributed by atoms with Gasteiger partial charge in [0.2, 0.25) is 5.91 Å². The Labute approximate surface area is 154 Å². The van der Waals surface area contributed by atoms with E-state index in [0.29, 0.717) is 22.2 Å². The lowest BCUT2D eigenvalue weighted by molar-refractivity contribution is -0.146. The number of carboxylic acid groups (broad SMARTS) is 1. The monoisotopic (exact) mass is 381 g/mol. The molecule has 8 heteroatoms. The number of carbonyl (C=O) groups is 2. The topological polar surface area (TPSA) is 84.2 Å². The molecule has 1 aromatic heterocycles. The molecule has 25 heavy (non-hydrogen) atoms. The highest BCUT2D eigenvalue weighted by atomic mass is 35.5. The summed E-state index contributed by atoms with van der Waals surface area (Å²) in [6.45, 7) is 3.07.